The Labute approximate surface area is 104 Å². The number of rotatable bonds is 3. The van der Waals surface area contributed by atoms with Gasteiger partial charge >= 0.3 is 6.18 Å². The van der Waals surface area contributed by atoms with Crippen LogP contribution in [0.2, 0.25) is 0 Å². The van der Waals surface area contributed by atoms with E-state index in [0.29, 0.717) is 18.6 Å². The molecule has 5 heteroatoms. The predicted octanol–water partition coefficient (Wildman–Crippen LogP) is 3.14. The molecule has 100 valence electrons. The van der Waals surface area contributed by atoms with Crippen molar-refractivity contribution in [3.05, 3.63) is 35.4 Å². The normalized spacial score (nSPS) is 24.4. The van der Waals surface area contributed by atoms with Crippen LogP contribution in [0.3, 0.4) is 0 Å². The third kappa shape index (κ3) is 2.84. The van der Waals surface area contributed by atoms with Crippen LogP contribution < -0.4 is 5.32 Å². The van der Waals surface area contributed by atoms with Gasteiger partial charge in [0.25, 0.3) is 0 Å². The number of ether oxygens (including phenoxy) is 1. The molecule has 0 aliphatic carbocycles. The molecule has 1 fully saturated rings. The molecule has 1 N–H and O–H groups in total. The Morgan fingerprint density at radius 3 is 2.67 bits per heavy atom. The molecule has 0 amide bonds. The highest BCUT2D eigenvalue weighted by atomic mass is 19.4. The van der Waals surface area contributed by atoms with E-state index in [-0.39, 0.29) is 12.1 Å². The van der Waals surface area contributed by atoms with Crippen LogP contribution in [-0.4, -0.2) is 19.8 Å². The van der Waals surface area contributed by atoms with E-state index in [2.05, 4.69) is 5.32 Å². The fraction of sp³-hybridized carbons (Fsp3) is 0.538. The molecule has 2 atom stereocenters. The van der Waals surface area contributed by atoms with Crippen LogP contribution in [0.4, 0.5) is 13.2 Å². The number of alkyl halides is 3. The highest BCUT2D eigenvalue weighted by molar-refractivity contribution is 5.33. The number of halogens is 3. The summed E-state index contributed by atoms with van der Waals surface area (Å²) in [4.78, 5) is 0. The molecule has 0 saturated carbocycles. The van der Waals surface area contributed by atoms with Gasteiger partial charge in [-0.25, -0.2) is 0 Å². The zero-order valence-electron chi connectivity index (χ0n) is 10.1. The van der Waals surface area contributed by atoms with Gasteiger partial charge in [-0.2, -0.15) is 13.2 Å². The Morgan fingerprint density at radius 2 is 2.00 bits per heavy atom. The SMILES string of the molecule is COCC1CCC(c2ccccc2C(F)(F)F)N1. The summed E-state index contributed by atoms with van der Waals surface area (Å²) in [6.45, 7) is 0.532. The Kier molecular flexibility index (Phi) is 3.92. The first kappa shape index (κ1) is 13.4. The van der Waals surface area contributed by atoms with E-state index < -0.39 is 11.7 Å². The Bertz CT molecular complexity index is 405. The molecule has 1 aliphatic heterocycles. The molecule has 0 spiro atoms. The van der Waals surface area contributed by atoms with E-state index in [1.165, 1.54) is 6.07 Å². The van der Waals surface area contributed by atoms with Gasteiger partial charge in [0.2, 0.25) is 0 Å². The van der Waals surface area contributed by atoms with Crippen LogP contribution in [0.15, 0.2) is 24.3 Å². The summed E-state index contributed by atoms with van der Waals surface area (Å²) in [5.41, 5.74) is -0.204. The summed E-state index contributed by atoms with van der Waals surface area (Å²) in [5, 5.41) is 3.20. The standard InChI is InChI=1S/C13H16F3NO/c1-18-8-9-6-7-12(17-9)10-4-2-3-5-11(10)13(14,15)16/h2-5,9,12,17H,6-8H2,1H3. The molecule has 2 unspecified atom stereocenters. The maximum atomic E-state index is 12.9. The zero-order valence-corrected chi connectivity index (χ0v) is 10.1. The number of methoxy groups -OCH3 is 1. The van der Waals surface area contributed by atoms with E-state index in [1.54, 1.807) is 19.2 Å². The van der Waals surface area contributed by atoms with E-state index in [4.69, 9.17) is 4.74 Å². The van der Waals surface area contributed by atoms with Gasteiger partial charge in [0.15, 0.2) is 0 Å². The average molecular weight is 259 g/mol. The van der Waals surface area contributed by atoms with Gasteiger partial charge in [-0.1, -0.05) is 18.2 Å². The van der Waals surface area contributed by atoms with E-state index in [9.17, 15) is 13.2 Å². The molecule has 1 heterocycles. The van der Waals surface area contributed by atoms with Crippen molar-refractivity contribution < 1.29 is 17.9 Å². The van der Waals surface area contributed by atoms with Crippen LogP contribution in [-0.2, 0) is 10.9 Å². The Hall–Kier alpha value is -1.07. The molecule has 0 radical (unpaired) electrons. The molecule has 2 nitrogen and oxygen atoms in total. The fourth-order valence-electron chi connectivity index (χ4n) is 2.46. The monoisotopic (exact) mass is 259 g/mol. The third-order valence-electron chi connectivity index (χ3n) is 3.25. The lowest BCUT2D eigenvalue weighted by Gasteiger charge is -2.19. The number of nitrogens with one attached hydrogen (secondary N) is 1. The third-order valence-corrected chi connectivity index (χ3v) is 3.25. The summed E-state index contributed by atoms with van der Waals surface area (Å²) in [5.74, 6) is 0. The Morgan fingerprint density at radius 1 is 1.28 bits per heavy atom. The van der Waals surface area contributed by atoms with Gasteiger partial charge in [0.1, 0.15) is 0 Å². The molecular formula is C13H16F3NO. The molecule has 1 aromatic carbocycles. The molecular weight excluding hydrogens is 243 g/mol. The number of benzene rings is 1. The van der Waals surface area contributed by atoms with E-state index in [1.807, 2.05) is 0 Å². The minimum Gasteiger partial charge on any atom is -0.383 e. The first-order chi connectivity index (χ1) is 8.52. The van der Waals surface area contributed by atoms with Gasteiger partial charge in [-0.05, 0) is 24.5 Å². The van der Waals surface area contributed by atoms with Crippen molar-refractivity contribution in [2.45, 2.75) is 31.1 Å². The molecule has 18 heavy (non-hydrogen) atoms. The van der Waals surface area contributed by atoms with Crippen LogP contribution in [0.25, 0.3) is 0 Å². The number of hydrogen-bond donors (Lipinski definition) is 1. The predicted molar refractivity (Wildman–Crippen MR) is 62.2 cm³/mol. The lowest BCUT2D eigenvalue weighted by atomic mass is 9.99. The van der Waals surface area contributed by atoms with Crippen molar-refractivity contribution in [3.8, 4) is 0 Å². The van der Waals surface area contributed by atoms with Crippen molar-refractivity contribution in [1.29, 1.82) is 0 Å². The van der Waals surface area contributed by atoms with Gasteiger partial charge in [0, 0.05) is 19.2 Å². The smallest absolute Gasteiger partial charge is 0.383 e. The minimum atomic E-state index is -4.29. The van der Waals surface area contributed by atoms with Crippen LogP contribution in [0.5, 0.6) is 0 Å². The summed E-state index contributed by atoms with van der Waals surface area (Å²) in [6, 6.07) is 5.67. The van der Waals surface area contributed by atoms with Gasteiger partial charge in [-0.3, -0.25) is 0 Å². The lowest BCUT2D eigenvalue weighted by Crippen LogP contribution is -2.29. The largest absolute Gasteiger partial charge is 0.416 e. The lowest BCUT2D eigenvalue weighted by molar-refractivity contribution is -0.138. The van der Waals surface area contributed by atoms with Crippen molar-refractivity contribution in [2.75, 3.05) is 13.7 Å². The molecule has 2 rings (SSSR count). The maximum absolute atomic E-state index is 12.9. The molecule has 1 aromatic rings. The molecule has 1 saturated heterocycles. The maximum Gasteiger partial charge on any atom is 0.416 e. The Balaban J connectivity index is 2.19. The second-order valence-corrected chi connectivity index (χ2v) is 4.53. The van der Waals surface area contributed by atoms with Crippen molar-refractivity contribution in [1.82, 2.24) is 5.32 Å². The highest BCUT2D eigenvalue weighted by Gasteiger charge is 2.36. The summed E-state index contributed by atoms with van der Waals surface area (Å²) < 4.78 is 43.7. The topological polar surface area (TPSA) is 21.3 Å². The minimum absolute atomic E-state index is 0.140. The second kappa shape index (κ2) is 5.28. The fourth-order valence-corrected chi connectivity index (χ4v) is 2.46. The zero-order chi connectivity index (χ0) is 13.2. The van der Waals surface area contributed by atoms with Crippen LogP contribution in [0.1, 0.15) is 30.0 Å². The summed E-state index contributed by atoms with van der Waals surface area (Å²) >= 11 is 0. The first-order valence-electron chi connectivity index (χ1n) is 5.93. The number of hydrogen-bond acceptors (Lipinski definition) is 2. The summed E-state index contributed by atoms with van der Waals surface area (Å²) in [7, 11) is 1.60. The molecule has 0 bridgehead atoms. The van der Waals surface area contributed by atoms with Gasteiger partial charge in [0.05, 0.1) is 12.2 Å². The van der Waals surface area contributed by atoms with Crippen LogP contribution >= 0.6 is 0 Å². The summed E-state index contributed by atoms with van der Waals surface area (Å²) in [6.07, 6.45) is -2.75. The van der Waals surface area contributed by atoms with Crippen molar-refractivity contribution in [2.24, 2.45) is 0 Å². The van der Waals surface area contributed by atoms with Gasteiger partial charge in [-0.15, -0.1) is 0 Å². The van der Waals surface area contributed by atoms with Crippen LogP contribution in [0, 0.1) is 0 Å². The van der Waals surface area contributed by atoms with Crippen molar-refractivity contribution >= 4 is 0 Å². The van der Waals surface area contributed by atoms with Crippen molar-refractivity contribution in [3.63, 3.8) is 0 Å². The highest BCUT2D eigenvalue weighted by Crippen LogP contribution is 2.37. The molecule has 0 aromatic heterocycles. The quantitative estimate of drug-likeness (QED) is 0.900. The average Bonchev–Trinajstić information content (AvgIpc) is 2.77. The van der Waals surface area contributed by atoms with Gasteiger partial charge < -0.3 is 10.1 Å². The van der Waals surface area contributed by atoms with E-state index >= 15 is 0 Å². The van der Waals surface area contributed by atoms with E-state index in [0.717, 1.165) is 12.5 Å². The second-order valence-electron chi connectivity index (χ2n) is 4.53. The first-order valence-corrected chi connectivity index (χ1v) is 5.93. The molecule has 1 aliphatic rings.